The van der Waals surface area contributed by atoms with Gasteiger partial charge in [0.25, 0.3) is 10.0 Å². The van der Waals surface area contributed by atoms with E-state index in [-0.39, 0.29) is 23.3 Å². The van der Waals surface area contributed by atoms with Crippen molar-refractivity contribution in [2.75, 3.05) is 24.5 Å². The molecule has 2 amide bonds. The molecule has 0 spiro atoms. The lowest BCUT2D eigenvalue weighted by Gasteiger charge is -2.33. The Kier molecular flexibility index (Phi) is 12.0. The Labute approximate surface area is 250 Å². The second kappa shape index (κ2) is 15.4. The van der Waals surface area contributed by atoms with E-state index in [9.17, 15) is 18.0 Å². The summed E-state index contributed by atoms with van der Waals surface area (Å²) in [6.45, 7) is 8.18. The molecule has 3 aromatic rings. The van der Waals surface area contributed by atoms with Crippen molar-refractivity contribution in [1.29, 1.82) is 0 Å². The van der Waals surface area contributed by atoms with E-state index in [0.29, 0.717) is 24.4 Å². The van der Waals surface area contributed by atoms with Gasteiger partial charge in [0.05, 0.1) is 17.7 Å². The second-order valence-corrected chi connectivity index (χ2v) is 12.4. The summed E-state index contributed by atoms with van der Waals surface area (Å²) in [6.07, 6.45) is 2.12. The predicted octanol–water partition coefficient (Wildman–Crippen LogP) is 5.74. The molecule has 0 saturated carbocycles. The molecule has 3 rings (SSSR count). The molecule has 9 heteroatoms. The fraction of sp³-hybridized carbons (Fsp3) is 0.394. The third-order valence-corrected chi connectivity index (χ3v) is 8.97. The summed E-state index contributed by atoms with van der Waals surface area (Å²) in [4.78, 5) is 29.0. The van der Waals surface area contributed by atoms with Crippen LogP contribution >= 0.6 is 0 Å². The molecule has 0 saturated heterocycles. The number of anilines is 1. The van der Waals surface area contributed by atoms with Gasteiger partial charge in [0.15, 0.2) is 0 Å². The number of carbonyl (C=O) groups excluding carboxylic acids is 2. The maximum Gasteiger partial charge on any atom is 0.264 e. The van der Waals surface area contributed by atoms with Gasteiger partial charge in [0.1, 0.15) is 18.3 Å². The number of benzene rings is 3. The van der Waals surface area contributed by atoms with Gasteiger partial charge in [0, 0.05) is 13.1 Å². The lowest BCUT2D eigenvalue weighted by Crippen LogP contribution is -2.52. The van der Waals surface area contributed by atoms with Crippen molar-refractivity contribution < 1.29 is 22.7 Å². The fourth-order valence-corrected chi connectivity index (χ4v) is 6.06. The Morgan fingerprint density at radius 1 is 0.905 bits per heavy atom. The van der Waals surface area contributed by atoms with Gasteiger partial charge in [-0.1, -0.05) is 76.6 Å². The summed E-state index contributed by atoms with van der Waals surface area (Å²) < 4.78 is 34.3. The number of sulfonamides is 1. The van der Waals surface area contributed by atoms with Gasteiger partial charge in [-0.15, -0.1) is 0 Å². The minimum Gasteiger partial charge on any atom is -0.497 e. The largest absolute Gasteiger partial charge is 0.497 e. The van der Waals surface area contributed by atoms with E-state index in [4.69, 9.17) is 4.74 Å². The molecule has 0 aliphatic rings. The minimum absolute atomic E-state index is 0.0804. The lowest BCUT2D eigenvalue weighted by molar-refractivity contribution is -0.140. The number of methoxy groups -OCH3 is 1. The summed E-state index contributed by atoms with van der Waals surface area (Å²) in [7, 11) is -2.52. The van der Waals surface area contributed by atoms with Gasteiger partial charge >= 0.3 is 0 Å². The third-order valence-electron chi connectivity index (χ3n) is 7.19. The standard InChI is InChI=1S/C33H43N3O5S/c1-6-8-22-34-33(38)31(7-2)35(23-26-14-20-29(41-5)21-15-26)32(37)24-36(28-18-16-27(17-19-28)25(3)4)42(39,40)30-12-10-9-11-13-30/h9-21,25,31H,6-8,22-24H2,1-5H3,(H,34,38)/t31-/m0/s1. The number of hydrogen-bond donors (Lipinski definition) is 1. The van der Waals surface area contributed by atoms with E-state index >= 15 is 0 Å². The van der Waals surface area contributed by atoms with Crippen LogP contribution in [-0.2, 0) is 26.2 Å². The van der Waals surface area contributed by atoms with Crippen LogP contribution in [0.1, 0.15) is 64.0 Å². The average Bonchev–Trinajstić information content (AvgIpc) is 3.00. The zero-order valence-electron chi connectivity index (χ0n) is 25.2. The molecule has 8 nitrogen and oxygen atoms in total. The highest BCUT2D eigenvalue weighted by Gasteiger charge is 2.33. The van der Waals surface area contributed by atoms with E-state index in [1.165, 1.54) is 17.0 Å². The molecule has 1 atom stereocenters. The van der Waals surface area contributed by atoms with E-state index in [1.807, 2.05) is 38.1 Å². The SMILES string of the molecule is CCCCNC(=O)[C@H](CC)N(Cc1ccc(OC)cc1)C(=O)CN(c1ccc(C(C)C)cc1)S(=O)(=O)c1ccccc1. The van der Waals surface area contributed by atoms with Crippen LogP contribution in [0.15, 0.2) is 83.8 Å². The predicted molar refractivity (Wildman–Crippen MR) is 167 cm³/mol. The number of hydrogen-bond acceptors (Lipinski definition) is 5. The van der Waals surface area contributed by atoms with Crippen LogP contribution in [0.3, 0.4) is 0 Å². The van der Waals surface area contributed by atoms with Gasteiger partial charge in [-0.25, -0.2) is 8.42 Å². The molecule has 1 N–H and O–H groups in total. The van der Waals surface area contributed by atoms with Crippen molar-refractivity contribution in [2.24, 2.45) is 0 Å². The van der Waals surface area contributed by atoms with Crippen molar-refractivity contribution >= 4 is 27.5 Å². The molecule has 0 unspecified atom stereocenters. The molecule has 0 radical (unpaired) electrons. The molecule has 0 fully saturated rings. The highest BCUT2D eigenvalue weighted by Crippen LogP contribution is 2.27. The first-order valence-electron chi connectivity index (χ1n) is 14.5. The van der Waals surface area contributed by atoms with Crippen LogP contribution in [0.2, 0.25) is 0 Å². The van der Waals surface area contributed by atoms with E-state index in [2.05, 4.69) is 19.2 Å². The number of ether oxygens (including phenoxy) is 1. The van der Waals surface area contributed by atoms with Crippen LogP contribution < -0.4 is 14.4 Å². The first-order chi connectivity index (χ1) is 20.1. The molecular weight excluding hydrogens is 550 g/mol. The average molecular weight is 594 g/mol. The van der Waals surface area contributed by atoms with Crippen molar-refractivity contribution in [3.05, 3.63) is 90.0 Å². The summed E-state index contributed by atoms with van der Waals surface area (Å²) in [6, 6.07) is 21.8. The summed E-state index contributed by atoms with van der Waals surface area (Å²) in [5, 5.41) is 2.95. The maximum absolute atomic E-state index is 14.2. The molecule has 0 heterocycles. The summed E-state index contributed by atoms with van der Waals surface area (Å²) >= 11 is 0. The first kappa shape index (κ1) is 32.7. The monoisotopic (exact) mass is 593 g/mol. The Morgan fingerprint density at radius 2 is 1.55 bits per heavy atom. The highest BCUT2D eigenvalue weighted by molar-refractivity contribution is 7.92. The van der Waals surface area contributed by atoms with Gasteiger partial charge in [-0.05, 0) is 66.3 Å². The molecule has 42 heavy (non-hydrogen) atoms. The van der Waals surface area contributed by atoms with Crippen LogP contribution in [-0.4, -0.2) is 51.4 Å². The van der Waals surface area contributed by atoms with Crippen LogP contribution in [0.4, 0.5) is 5.69 Å². The Bertz CT molecular complexity index is 1390. The molecule has 3 aromatic carbocycles. The molecule has 0 aliphatic heterocycles. The normalized spacial score (nSPS) is 12.0. The minimum atomic E-state index is -4.10. The quantitative estimate of drug-likeness (QED) is 0.227. The zero-order chi connectivity index (χ0) is 30.7. The number of unbranched alkanes of at least 4 members (excludes halogenated alkanes) is 1. The Balaban J connectivity index is 2.03. The van der Waals surface area contributed by atoms with E-state index in [1.54, 1.807) is 49.6 Å². The van der Waals surface area contributed by atoms with Crippen LogP contribution in [0.25, 0.3) is 0 Å². The van der Waals surface area contributed by atoms with Crippen molar-refractivity contribution in [2.45, 2.75) is 70.4 Å². The highest BCUT2D eigenvalue weighted by atomic mass is 32.2. The number of carbonyl (C=O) groups is 2. The summed E-state index contributed by atoms with van der Waals surface area (Å²) in [5.41, 5.74) is 2.22. The van der Waals surface area contributed by atoms with Crippen molar-refractivity contribution in [1.82, 2.24) is 10.2 Å². The van der Waals surface area contributed by atoms with Crippen LogP contribution in [0, 0.1) is 0 Å². The molecule has 0 aliphatic carbocycles. The van der Waals surface area contributed by atoms with Gasteiger partial charge in [0.2, 0.25) is 11.8 Å². The molecule has 0 aromatic heterocycles. The smallest absolute Gasteiger partial charge is 0.264 e. The van der Waals surface area contributed by atoms with Crippen molar-refractivity contribution in [3.63, 3.8) is 0 Å². The van der Waals surface area contributed by atoms with Gasteiger partial charge in [-0.3, -0.25) is 13.9 Å². The fourth-order valence-electron chi connectivity index (χ4n) is 4.63. The zero-order valence-corrected chi connectivity index (χ0v) is 26.1. The van der Waals surface area contributed by atoms with Crippen molar-refractivity contribution in [3.8, 4) is 5.75 Å². The molecule has 0 bridgehead atoms. The van der Waals surface area contributed by atoms with E-state index in [0.717, 1.165) is 28.3 Å². The van der Waals surface area contributed by atoms with Gasteiger partial charge in [-0.2, -0.15) is 0 Å². The Morgan fingerprint density at radius 3 is 2.10 bits per heavy atom. The molecular formula is C33H43N3O5S. The third kappa shape index (κ3) is 8.35. The van der Waals surface area contributed by atoms with E-state index < -0.39 is 28.5 Å². The number of amides is 2. The lowest BCUT2D eigenvalue weighted by atomic mass is 10.0. The maximum atomic E-state index is 14.2. The Hall–Kier alpha value is -3.85. The number of nitrogens with zero attached hydrogens (tertiary/aromatic N) is 2. The first-order valence-corrected chi connectivity index (χ1v) is 15.9. The van der Waals surface area contributed by atoms with Crippen LogP contribution in [0.5, 0.6) is 5.75 Å². The summed E-state index contributed by atoms with van der Waals surface area (Å²) in [5.74, 6) is 0.199. The number of rotatable bonds is 15. The topological polar surface area (TPSA) is 96.0 Å². The second-order valence-electron chi connectivity index (χ2n) is 10.5. The number of nitrogens with one attached hydrogen (secondary N) is 1. The molecule has 226 valence electrons. The van der Waals surface area contributed by atoms with Gasteiger partial charge < -0.3 is 15.0 Å².